The fourth-order valence-electron chi connectivity index (χ4n) is 3.17. The van der Waals surface area contributed by atoms with Crippen LogP contribution in [-0.4, -0.2) is 22.5 Å². The van der Waals surface area contributed by atoms with E-state index in [-0.39, 0.29) is 5.97 Å². The van der Waals surface area contributed by atoms with Gasteiger partial charge in [0.15, 0.2) is 11.6 Å². The second-order valence-corrected chi connectivity index (χ2v) is 7.67. The molecule has 0 aliphatic rings. The Bertz CT molecular complexity index is 714. The Morgan fingerprint density at radius 3 is 2.03 bits per heavy atom. The van der Waals surface area contributed by atoms with Gasteiger partial charge in [0, 0.05) is 12.0 Å². The number of hydrogen-bond donors (Lipinski definition) is 0. The lowest BCUT2D eigenvalue weighted by molar-refractivity contribution is -0.134. The van der Waals surface area contributed by atoms with E-state index in [2.05, 4.69) is 23.8 Å². The highest BCUT2D eigenvalue weighted by Crippen LogP contribution is 2.21. The van der Waals surface area contributed by atoms with Crippen LogP contribution in [0.5, 0.6) is 11.5 Å². The largest absolute Gasteiger partial charge is 0.494 e. The lowest BCUT2D eigenvalue weighted by atomic mass is 10.1. The van der Waals surface area contributed by atoms with E-state index in [1.165, 1.54) is 32.1 Å². The van der Waals surface area contributed by atoms with Gasteiger partial charge in [-0.15, -0.1) is 0 Å². The number of ether oxygens (including phenoxy) is 2. The van der Waals surface area contributed by atoms with Crippen LogP contribution in [0.2, 0.25) is 0 Å². The fraction of sp³-hybridized carbons (Fsp3) is 0.560. The van der Waals surface area contributed by atoms with Gasteiger partial charge in [-0.2, -0.15) is 0 Å². The van der Waals surface area contributed by atoms with Crippen LogP contribution >= 0.6 is 0 Å². The first-order chi connectivity index (χ1) is 14.7. The van der Waals surface area contributed by atoms with Crippen LogP contribution < -0.4 is 9.47 Å². The number of hydrogen-bond acceptors (Lipinski definition) is 5. The third kappa shape index (κ3) is 9.38. The summed E-state index contributed by atoms with van der Waals surface area (Å²) < 4.78 is 11.1. The third-order valence-corrected chi connectivity index (χ3v) is 4.97. The predicted molar refractivity (Wildman–Crippen MR) is 121 cm³/mol. The topological polar surface area (TPSA) is 61.3 Å². The van der Waals surface area contributed by atoms with Crippen LogP contribution in [0.25, 0.3) is 11.4 Å². The van der Waals surface area contributed by atoms with Crippen molar-refractivity contribution in [3.8, 4) is 22.9 Å². The van der Waals surface area contributed by atoms with Crippen molar-refractivity contribution in [2.24, 2.45) is 0 Å². The maximum Gasteiger partial charge on any atom is 0.311 e. The molecule has 0 saturated carbocycles. The Kier molecular flexibility index (Phi) is 11.6. The maximum atomic E-state index is 11.9. The minimum absolute atomic E-state index is 0.227. The molecule has 1 aromatic heterocycles. The molecular weight excluding hydrogens is 376 g/mol. The number of benzene rings is 1. The van der Waals surface area contributed by atoms with Gasteiger partial charge in [-0.3, -0.25) is 4.79 Å². The summed E-state index contributed by atoms with van der Waals surface area (Å²) in [6, 6.07) is 7.79. The summed E-state index contributed by atoms with van der Waals surface area (Å²) in [5, 5.41) is 0. The molecule has 0 atom stereocenters. The summed E-state index contributed by atoms with van der Waals surface area (Å²) >= 11 is 0. The molecule has 2 rings (SSSR count). The number of carbonyl (C=O) groups is 1. The molecule has 0 radical (unpaired) electrons. The SMILES string of the molecule is CCCCCCCCOc1ccc(-c2ncc(OC(=O)CCCCCC)cn2)cc1. The zero-order valence-electron chi connectivity index (χ0n) is 18.6. The van der Waals surface area contributed by atoms with Gasteiger partial charge < -0.3 is 9.47 Å². The number of nitrogens with zero attached hydrogens (tertiary/aromatic N) is 2. The highest BCUT2D eigenvalue weighted by molar-refractivity contribution is 5.72. The minimum Gasteiger partial charge on any atom is -0.494 e. The second kappa shape index (κ2) is 14.5. The average Bonchev–Trinajstić information content (AvgIpc) is 2.77. The lowest BCUT2D eigenvalue weighted by Gasteiger charge is -2.07. The van der Waals surface area contributed by atoms with Gasteiger partial charge in [0.05, 0.1) is 19.0 Å². The van der Waals surface area contributed by atoms with Crippen LogP contribution in [0.1, 0.15) is 84.5 Å². The van der Waals surface area contributed by atoms with Crippen LogP contribution in [0.4, 0.5) is 0 Å². The van der Waals surface area contributed by atoms with Crippen LogP contribution in [-0.2, 0) is 4.79 Å². The van der Waals surface area contributed by atoms with E-state index in [0.717, 1.165) is 50.0 Å². The number of rotatable bonds is 15. The molecule has 0 amide bonds. The zero-order valence-corrected chi connectivity index (χ0v) is 18.6. The van der Waals surface area contributed by atoms with Crippen molar-refractivity contribution in [2.75, 3.05) is 6.61 Å². The zero-order chi connectivity index (χ0) is 21.4. The molecule has 0 spiro atoms. The number of unbranched alkanes of at least 4 members (excludes halogenated alkanes) is 8. The Morgan fingerprint density at radius 2 is 1.37 bits per heavy atom. The first-order valence-corrected chi connectivity index (χ1v) is 11.5. The summed E-state index contributed by atoms with van der Waals surface area (Å²) in [4.78, 5) is 20.5. The third-order valence-electron chi connectivity index (χ3n) is 4.97. The standard InChI is InChI=1S/C25H36N2O3/c1-3-5-7-9-10-12-18-29-22-16-14-21(15-17-22)25-26-19-23(20-27-25)30-24(28)13-11-8-6-4-2/h14-17,19-20H,3-13,18H2,1-2H3. The molecule has 5 nitrogen and oxygen atoms in total. The molecule has 0 unspecified atom stereocenters. The highest BCUT2D eigenvalue weighted by atomic mass is 16.5. The molecule has 164 valence electrons. The summed E-state index contributed by atoms with van der Waals surface area (Å²) in [6.45, 7) is 5.13. The van der Waals surface area contributed by atoms with Gasteiger partial charge in [0.25, 0.3) is 0 Å². The predicted octanol–water partition coefficient (Wildman–Crippen LogP) is 6.76. The highest BCUT2D eigenvalue weighted by Gasteiger charge is 2.07. The minimum atomic E-state index is -0.227. The van der Waals surface area contributed by atoms with E-state index in [1.54, 1.807) is 12.4 Å². The van der Waals surface area contributed by atoms with E-state index >= 15 is 0 Å². The van der Waals surface area contributed by atoms with Crippen molar-refractivity contribution in [3.63, 3.8) is 0 Å². The summed E-state index contributed by atoms with van der Waals surface area (Å²) in [5.74, 6) is 1.62. The molecular formula is C25H36N2O3. The van der Waals surface area contributed by atoms with E-state index in [0.29, 0.717) is 18.0 Å². The van der Waals surface area contributed by atoms with Crippen LogP contribution in [0.15, 0.2) is 36.7 Å². The Morgan fingerprint density at radius 1 is 0.767 bits per heavy atom. The van der Waals surface area contributed by atoms with Crippen molar-refractivity contribution in [1.82, 2.24) is 9.97 Å². The molecule has 0 N–H and O–H groups in total. The van der Waals surface area contributed by atoms with Gasteiger partial charge in [-0.05, 0) is 37.1 Å². The molecule has 1 heterocycles. The van der Waals surface area contributed by atoms with Gasteiger partial charge >= 0.3 is 5.97 Å². The van der Waals surface area contributed by atoms with Gasteiger partial charge in [0.2, 0.25) is 0 Å². The van der Waals surface area contributed by atoms with Crippen LogP contribution in [0.3, 0.4) is 0 Å². The van der Waals surface area contributed by atoms with Gasteiger partial charge in [0.1, 0.15) is 5.75 Å². The first-order valence-electron chi connectivity index (χ1n) is 11.5. The maximum absolute atomic E-state index is 11.9. The van der Waals surface area contributed by atoms with Crippen molar-refractivity contribution >= 4 is 5.97 Å². The quantitative estimate of drug-likeness (QED) is 0.239. The van der Waals surface area contributed by atoms with Gasteiger partial charge in [-0.25, -0.2) is 9.97 Å². The molecule has 0 bridgehead atoms. The average molecular weight is 413 g/mol. The van der Waals surface area contributed by atoms with Crippen LogP contribution in [0, 0.1) is 0 Å². The van der Waals surface area contributed by atoms with E-state index < -0.39 is 0 Å². The normalized spacial score (nSPS) is 10.7. The van der Waals surface area contributed by atoms with Crippen molar-refractivity contribution < 1.29 is 14.3 Å². The fourth-order valence-corrected chi connectivity index (χ4v) is 3.17. The summed E-state index contributed by atoms with van der Waals surface area (Å²) in [6.07, 6.45) is 15.3. The molecule has 1 aromatic carbocycles. The molecule has 0 saturated heterocycles. The summed E-state index contributed by atoms with van der Waals surface area (Å²) in [5.41, 5.74) is 0.902. The summed E-state index contributed by atoms with van der Waals surface area (Å²) in [7, 11) is 0. The molecule has 0 fully saturated rings. The smallest absolute Gasteiger partial charge is 0.311 e. The molecule has 0 aliphatic heterocycles. The number of aromatic nitrogens is 2. The van der Waals surface area contributed by atoms with Crippen molar-refractivity contribution in [1.29, 1.82) is 0 Å². The Hall–Kier alpha value is -2.43. The number of carbonyl (C=O) groups excluding carboxylic acids is 1. The molecule has 30 heavy (non-hydrogen) atoms. The molecule has 0 aliphatic carbocycles. The molecule has 2 aromatic rings. The lowest BCUT2D eigenvalue weighted by Crippen LogP contribution is -2.08. The van der Waals surface area contributed by atoms with E-state index in [1.807, 2.05) is 24.3 Å². The Balaban J connectivity index is 1.73. The first kappa shape index (κ1) is 23.8. The monoisotopic (exact) mass is 412 g/mol. The van der Waals surface area contributed by atoms with E-state index in [9.17, 15) is 4.79 Å². The Labute approximate surface area is 181 Å². The van der Waals surface area contributed by atoms with Crippen molar-refractivity contribution in [2.45, 2.75) is 84.5 Å². The molecule has 5 heteroatoms. The number of esters is 1. The van der Waals surface area contributed by atoms with Gasteiger partial charge in [-0.1, -0.05) is 65.2 Å². The van der Waals surface area contributed by atoms with E-state index in [4.69, 9.17) is 9.47 Å². The van der Waals surface area contributed by atoms with Crippen molar-refractivity contribution in [3.05, 3.63) is 36.7 Å². The second-order valence-electron chi connectivity index (χ2n) is 7.67.